The molecule has 3 aliphatic rings. The summed E-state index contributed by atoms with van der Waals surface area (Å²) in [6.07, 6.45) is 6.16. The number of carbonyl (C=O) groups is 1. The highest BCUT2D eigenvalue weighted by molar-refractivity contribution is 6.74. The Morgan fingerprint density at radius 3 is 2.29 bits per heavy atom. The second-order valence-corrected chi connectivity index (χ2v) is 20.0. The molecule has 6 heteroatoms. The number of hydrogen-bond donors (Lipinski definition) is 0. The molecule has 2 aliphatic carbocycles. The van der Waals surface area contributed by atoms with Crippen molar-refractivity contribution in [2.24, 2.45) is 5.41 Å². The summed E-state index contributed by atoms with van der Waals surface area (Å²) in [6.45, 7) is 23.2. The molecule has 2 aromatic rings. The molecule has 0 N–H and O–H groups in total. The summed E-state index contributed by atoms with van der Waals surface area (Å²) in [6, 6.07) is 7.85. The van der Waals surface area contributed by atoms with E-state index in [4.69, 9.17) is 18.9 Å². The van der Waals surface area contributed by atoms with E-state index in [1.807, 2.05) is 31.2 Å². The molecule has 0 unspecified atom stereocenters. The lowest BCUT2D eigenvalue weighted by Gasteiger charge is -2.45. The van der Waals surface area contributed by atoms with Gasteiger partial charge in [-0.1, -0.05) is 73.4 Å². The first-order valence-electron chi connectivity index (χ1n) is 15.8. The van der Waals surface area contributed by atoms with Crippen molar-refractivity contribution >= 4 is 14.3 Å². The molecule has 5 nitrogen and oxygen atoms in total. The van der Waals surface area contributed by atoms with Gasteiger partial charge in [-0.05, 0) is 85.3 Å². The number of pyridine rings is 1. The van der Waals surface area contributed by atoms with Crippen LogP contribution in [0.2, 0.25) is 18.1 Å². The molecule has 224 valence electrons. The third-order valence-corrected chi connectivity index (χ3v) is 14.6. The minimum absolute atomic E-state index is 0.0168. The lowest BCUT2D eigenvalue weighted by Crippen LogP contribution is -2.44. The SMILES string of the molecule is CCOC(=O)c1ccc([C@H]2OC3(CCCC3)c3c2c(C(C)C)nc2c3[C@@H](O[Si](C)(C)C(C)(C)C)CC(C)(C)C2)cc1. The predicted molar refractivity (Wildman–Crippen MR) is 167 cm³/mol. The minimum atomic E-state index is -2.06. The van der Waals surface area contributed by atoms with Crippen molar-refractivity contribution in [1.82, 2.24) is 4.98 Å². The molecule has 2 heterocycles. The summed E-state index contributed by atoms with van der Waals surface area (Å²) < 4.78 is 19.8. The Balaban J connectivity index is 1.72. The lowest BCUT2D eigenvalue weighted by atomic mass is 9.70. The van der Waals surface area contributed by atoms with E-state index in [1.54, 1.807) is 0 Å². The highest BCUT2D eigenvalue weighted by atomic mass is 28.4. The second-order valence-electron chi connectivity index (χ2n) is 15.3. The molecule has 1 fully saturated rings. The van der Waals surface area contributed by atoms with Crippen molar-refractivity contribution in [2.75, 3.05) is 6.61 Å². The monoisotopic (exact) mass is 577 g/mol. The van der Waals surface area contributed by atoms with Gasteiger partial charge in [-0.25, -0.2) is 4.79 Å². The number of carbonyl (C=O) groups excluding carboxylic acids is 1. The molecule has 1 saturated carbocycles. The van der Waals surface area contributed by atoms with Crippen LogP contribution < -0.4 is 0 Å². The van der Waals surface area contributed by atoms with Crippen LogP contribution in [0.5, 0.6) is 0 Å². The molecular weight excluding hydrogens is 526 g/mol. The topological polar surface area (TPSA) is 57.7 Å². The van der Waals surface area contributed by atoms with Crippen LogP contribution in [0, 0.1) is 5.41 Å². The van der Waals surface area contributed by atoms with E-state index in [0.717, 1.165) is 36.9 Å². The van der Waals surface area contributed by atoms with Gasteiger partial charge < -0.3 is 13.9 Å². The Bertz CT molecular complexity index is 1300. The van der Waals surface area contributed by atoms with E-state index >= 15 is 0 Å². The molecule has 0 radical (unpaired) electrons. The predicted octanol–water partition coefficient (Wildman–Crippen LogP) is 9.31. The normalized spacial score (nSPS) is 23.1. The van der Waals surface area contributed by atoms with Crippen LogP contribution in [0.3, 0.4) is 0 Å². The second kappa shape index (κ2) is 10.6. The van der Waals surface area contributed by atoms with E-state index in [1.165, 1.54) is 35.2 Å². The summed E-state index contributed by atoms with van der Waals surface area (Å²) in [5.41, 5.74) is 7.81. The van der Waals surface area contributed by atoms with Crippen molar-refractivity contribution in [3.05, 3.63) is 63.5 Å². The van der Waals surface area contributed by atoms with Crippen LogP contribution in [0.25, 0.3) is 0 Å². The van der Waals surface area contributed by atoms with Gasteiger partial charge >= 0.3 is 5.97 Å². The summed E-state index contributed by atoms with van der Waals surface area (Å²) >= 11 is 0. The number of hydrogen-bond acceptors (Lipinski definition) is 5. The molecule has 0 saturated heterocycles. The standard InChI is InChI=1S/C35H51NO4Si/c1-11-38-32(37)24-16-14-23(15-17-24)31-28-29(35(39-31)18-12-13-19-35)27-25(36-30(28)22(2)3)20-34(7,8)21-26(27)40-41(9,10)33(4,5)6/h14-17,22,26,31H,11-13,18-21H2,1-10H3/t26-,31+/m0/s1. The number of aromatic nitrogens is 1. The zero-order valence-corrected chi connectivity index (χ0v) is 28.1. The molecule has 1 aromatic heterocycles. The van der Waals surface area contributed by atoms with Crippen LogP contribution in [0.15, 0.2) is 24.3 Å². The first-order valence-corrected chi connectivity index (χ1v) is 18.7. The number of nitrogens with zero attached hydrogens (tertiary/aromatic N) is 1. The van der Waals surface area contributed by atoms with Crippen molar-refractivity contribution < 1.29 is 18.7 Å². The van der Waals surface area contributed by atoms with Crippen molar-refractivity contribution in [3.63, 3.8) is 0 Å². The number of esters is 1. The fraction of sp³-hybridized carbons (Fsp3) is 0.657. The Morgan fingerprint density at radius 1 is 1.10 bits per heavy atom. The number of ether oxygens (including phenoxy) is 2. The Labute approximate surface area is 248 Å². The third kappa shape index (κ3) is 5.45. The molecule has 2 atom stereocenters. The molecule has 1 aromatic carbocycles. The van der Waals surface area contributed by atoms with E-state index < -0.39 is 8.32 Å². The maximum Gasteiger partial charge on any atom is 0.338 e. The highest BCUT2D eigenvalue weighted by Gasteiger charge is 2.54. The van der Waals surface area contributed by atoms with E-state index in [0.29, 0.717) is 12.2 Å². The van der Waals surface area contributed by atoms with Crippen LogP contribution in [0.1, 0.15) is 150 Å². The van der Waals surface area contributed by atoms with Gasteiger partial charge in [0.15, 0.2) is 8.32 Å². The molecule has 5 rings (SSSR count). The number of rotatable bonds is 6. The summed E-state index contributed by atoms with van der Waals surface area (Å²) in [4.78, 5) is 17.9. The van der Waals surface area contributed by atoms with E-state index in [9.17, 15) is 4.79 Å². The zero-order chi connectivity index (χ0) is 30.0. The van der Waals surface area contributed by atoms with Gasteiger partial charge in [0.2, 0.25) is 0 Å². The van der Waals surface area contributed by atoms with Gasteiger partial charge in [0.05, 0.1) is 23.9 Å². The van der Waals surface area contributed by atoms with Crippen molar-refractivity contribution in [3.8, 4) is 0 Å². The van der Waals surface area contributed by atoms with Gasteiger partial charge in [0.25, 0.3) is 0 Å². The average Bonchev–Trinajstić information content (AvgIpc) is 3.47. The average molecular weight is 578 g/mol. The first-order chi connectivity index (χ1) is 19.1. The highest BCUT2D eigenvalue weighted by Crippen LogP contribution is 2.60. The van der Waals surface area contributed by atoms with E-state index in [2.05, 4.69) is 61.6 Å². The number of benzene rings is 1. The van der Waals surface area contributed by atoms with Gasteiger partial charge in [-0.2, -0.15) is 0 Å². The Morgan fingerprint density at radius 2 is 1.73 bits per heavy atom. The summed E-state index contributed by atoms with van der Waals surface area (Å²) in [5, 5.41) is 0.119. The summed E-state index contributed by atoms with van der Waals surface area (Å²) in [5.74, 6) is -0.0220. The fourth-order valence-electron chi connectivity index (χ4n) is 7.02. The summed E-state index contributed by atoms with van der Waals surface area (Å²) in [7, 11) is -2.06. The lowest BCUT2D eigenvalue weighted by molar-refractivity contribution is -0.0579. The van der Waals surface area contributed by atoms with Crippen LogP contribution >= 0.6 is 0 Å². The Kier molecular flexibility index (Phi) is 7.87. The molecule has 0 amide bonds. The Hall–Kier alpha value is -2.02. The molecule has 1 aliphatic heterocycles. The largest absolute Gasteiger partial charge is 0.462 e. The van der Waals surface area contributed by atoms with E-state index in [-0.39, 0.29) is 40.1 Å². The van der Waals surface area contributed by atoms with Crippen LogP contribution in [0.4, 0.5) is 0 Å². The maximum absolute atomic E-state index is 12.4. The van der Waals surface area contributed by atoms with Gasteiger partial charge in [0, 0.05) is 22.5 Å². The maximum atomic E-state index is 12.4. The number of fused-ring (bicyclic) bond motifs is 4. The third-order valence-electron chi connectivity index (χ3n) is 10.1. The fourth-order valence-corrected chi connectivity index (χ4v) is 8.29. The molecule has 0 bridgehead atoms. The molecule has 41 heavy (non-hydrogen) atoms. The molecule has 1 spiro atoms. The van der Waals surface area contributed by atoms with Gasteiger partial charge in [-0.3, -0.25) is 4.98 Å². The van der Waals surface area contributed by atoms with Crippen molar-refractivity contribution in [1.29, 1.82) is 0 Å². The quantitative estimate of drug-likeness (QED) is 0.253. The van der Waals surface area contributed by atoms with Crippen molar-refractivity contribution in [2.45, 2.75) is 136 Å². The molecular formula is C35H51NO4Si. The van der Waals surface area contributed by atoms with Gasteiger partial charge in [0.1, 0.15) is 6.10 Å². The smallest absolute Gasteiger partial charge is 0.338 e. The minimum Gasteiger partial charge on any atom is -0.462 e. The van der Waals surface area contributed by atoms with Crippen LogP contribution in [-0.2, 0) is 25.9 Å². The first kappa shape index (κ1) is 30.4. The van der Waals surface area contributed by atoms with Crippen LogP contribution in [-0.4, -0.2) is 25.9 Å². The zero-order valence-electron chi connectivity index (χ0n) is 27.1. The van der Waals surface area contributed by atoms with Gasteiger partial charge in [-0.15, -0.1) is 0 Å².